The lowest BCUT2D eigenvalue weighted by atomic mass is 9.88. The number of piperidine rings is 1. The molecular weight excluding hydrogens is 466 g/mol. The average molecular weight is 502 g/mol. The number of sulfone groups is 1. The van der Waals surface area contributed by atoms with Crippen LogP contribution in [-0.2, 0) is 9.84 Å². The van der Waals surface area contributed by atoms with Gasteiger partial charge >= 0.3 is 0 Å². The Bertz CT molecular complexity index is 1120. The molecule has 0 bridgehead atoms. The van der Waals surface area contributed by atoms with Crippen molar-refractivity contribution in [1.82, 2.24) is 9.80 Å². The zero-order chi connectivity index (χ0) is 23.9. The van der Waals surface area contributed by atoms with Crippen molar-refractivity contribution in [2.24, 2.45) is 5.73 Å². The normalized spacial score (nSPS) is 24.5. The monoisotopic (exact) mass is 501 g/mol. The molecule has 2 N–H and O–H groups in total. The molecule has 0 radical (unpaired) electrons. The van der Waals surface area contributed by atoms with Crippen LogP contribution in [0, 0.1) is 6.92 Å². The van der Waals surface area contributed by atoms with Gasteiger partial charge in [0, 0.05) is 30.1 Å². The number of hydrogen-bond donors (Lipinski definition) is 1. The van der Waals surface area contributed by atoms with Crippen LogP contribution in [0.3, 0.4) is 0 Å². The second-order valence-electron chi connectivity index (χ2n) is 10.2. The standard InChI is InChI=1S/C26H35N3O3S2/c1-18-16-24(33-25(18)26(30)29-13-8-22(27)17-29)21-4-2-19(3-5-21)20-6-11-28(12-7-20)23-9-14-34(31,32)15-10-23/h2-5,16,20,22-23H,6-15,17,27H2,1H3/t22-/m0/s1. The van der Waals surface area contributed by atoms with E-state index in [2.05, 4.69) is 35.2 Å². The summed E-state index contributed by atoms with van der Waals surface area (Å²) in [6, 6.07) is 11.5. The number of carbonyl (C=O) groups excluding carboxylic acids is 1. The third-order valence-electron chi connectivity index (χ3n) is 7.86. The third kappa shape index (κ3) is 5.10. The average Bonchev–Trinajstić information content (AvgIpc) is 3.45. The number of likely N-dealkylation sites (tertiary alicyclic amines) is 2. The molecule has 1 atom stereocenters. The molecular formula is C26H35N3O3S2. The number of nitrogens with zero attached hydrogens (tertiary/aromatic N) is 2. The van der Waals surface area contributed by atoms with Crippen molar-refractivity contribution >= 4 is 27.1 Å². The first-order valence-electron chi connectivity index (χ1n) is 12.5. The highest BCUT2D eigenvalue weighted by Crippen LogP contribution is 2.35. The van der Waals surface area contributed by atoms with Gasteiger partial charge in [-0.05, 0) is 80.8 Å². The molecule has 4 heterocycles. The minimum Gasteiger partial charge on any atom is -0.336 e. The van der Waals surface area contributed by atoms with Crippen LogP contribution in [0.15, 0.2) is 30.3 Å². The zero-order valence-corrected chi connectivity index (χ0v) is 21.5. The SMILES string of the molecule is Cc1cc(-c2ccc(C3CCN(C4CCS(=O)(=O)CC4)CC3)cc2)sc1C(=O)N1CC[C@H](N)C1. The topological polar surface area (TPSA) is 83.7 Å². The molecule has 0 spiro atoms. The van der Waals surface area contributed by atoms with E-state index in [1.54, 1.807) is 11.3 Å². The lowest BCUT2D eigenvalue weighted by Crippen LogP contribution is -2.44. The van der Waals surface area contributed by atoms with Crippen molar-refractivity contribution in [3.63, 3.8) is 0 Å². The van der Waals surface area contributed by atoms with Crippen LogP contribution < -0.4 is 5.73 Å². The van der Waals surface area contributed by atoms with E-state index in [1.807, 2.05) is 11.8 Å². The Labute approximate surface area is 207 Å². The fourth-order valence-electron chi connectivity index (χ4n) is 5.71. The van der Waals surface area contributed by atoms with Crippen molar-refractivity contribution in [3.05, 3.63) is 46.3 Å². The van der Waals surface area contributed by atoms with Gasteiger partial charge in [0.1, 0.15) is 9.84 Å². The highest BCUT2D eigenvalue weighted by atomic mass is 32.2. The molecule has 1 aromatic carbocycles. The lowest BCUT2D eigenvalue weighted by Gasteiger charge is -2.39. The summed E-state index contributed by atoms with van der Waals surface area (Å²) in [5.41, 5.74) is 9.57. The number of rotatable bonds is 4. The van der Waals surface area contributed by atoms with Crippen molar-refractivity contribution in [2.75, 3.05) is 37.7 Å². The predicted octanol–water partition coefficient (Wildman–Crippen LogP) is 3.65. The van der Waals surface area contributed by atoms with Gasteiger partial charge in [-0.3, -0.25) is 4.79 Å². The lowest BCUT2D eigenvalue weighted by molar-refractivity contribution is 0.0795. The first-order valence-corrected chi connectivity index (χ1v) is 15.1. The number of amides is 1. The fourth-order valence-corrected chi connectivity index (χ4v) is 8.32. The summed E-state index contributed by atoms with van der Waals surface area (Å²) in [4.78, 5) is 19.3. The Kier molecular flexibility index (Phi) is 6.86. The maximum absolute atomic E-state index is 12.9. The molecule has 34 heavy (non-hydrogen) atoms. The van der Waals surface area contributed by atoms with Gasteiger partial charge in [0.15, 0.2) is 0 Å². The summed E-state index contributed by atoms with van der Waals surface area (Å²) in [5, 5.41) is 0. The molecule has 3 aliphatic rings. The van der Waals surface area contributed by atoms with Crippen LogP contribution >= 0.6 is 11.3 Å². The van der Waals surface area contributed by atoms with E-state index in [0.29, 0.717) is 30.0 Å². The number of aryl methyl sites for hydroxylation is 1. The summed E-state index contributed by atoms with van der Waals surface area (Å²) in [7, 11) is -2.80. The van der Waals surface area contributed by atoms with Gasteiger partial charge < -0.3 is 15.5 Å². The molecule has 5 rings (SSSR count). The number of carbonyl (C=O) groups is 1. The molecule has 2 aromatic rings. The van der Waals surface area contributed by atoms with E-state index in [9.17, 15) is 13.2 Å². The van der Waals surface area contributed by atoms with Crippen LogP contribution in [0.2, 0.25) is 0 Å². The van der Waals surface area contributed by atoms with E-state index in [0.717, 1.165) is 72.6 Å². The second kappa shape index (κ2) is 9.72. The number of nitrogens with two attached hydrogens (primary N) is 1. The van der Waals surface area contributed by atoms with Gasteiger partial charge in [-0.1, -0.05) is 24.3 Å². The number of benzene rings is 1. The summed E-state index contributed by atoms with van der Waals surface area (Å²) in [6.45, 7) is 5.52. The summed E-state index contributed by atoms with van der Waals surface area (Å²) < 4.78 is 23.5. The van der Waals surface area contributed by atoms with Gasteiger partial charge in [0.25, 0.3) is 5.91 Å². The zero-order valence-electron chi connectivity index (χ0n) is 19.9. The number of hydrogen-bond acceptors (Lipinski definition) is 6. The molecule has 8 heteroatoms. The van der Waals surface area contributed by atoms with Gasteiger partial charge in [-0.15, -0.1) is 11.3 Å². The Morgan fingerprint density at radius 2 is 1.68 bits per heavy atom. The molecule has 3 saturated heterocycles. The van der Waals surface area contributed by atoms with Crippen LogP contribution in [0.4, 0.5) is 0 Å². The highest BCUT2D eigenvalue weighted by molar-refractivity contribution is 7.91. The molecule has 0 unspecified atom stereocenters. The Morgan fingerprint density at radius 1 is 1.00 bits per heavy atom. The fraction of sp³-hybridized carbons (Fsp3) is 0.577. The van der Waals surface area contributed by atoms with Crippen LogP contribution in [-0.4, -0.2) is 73.9 Å². The maximum Gasteiger partial charge on any atom is 0.264 e. The first kappa shape index (κ1) is 24.0. The molecule has 0 aliphatic carbocycles. The summed E-state index contributed by atoms with van der Waals surface area (Å²) in [6.07, 6.45) is 4.70. The van der Waals surface area contributed by atoms with Crippen LogP contribution in [0.1, 0.15) is 58.8 Å². The van der Waals surface area contributed by atoms with Crippen LogP contribution in [0.25, 0.3) is 10.4 Å². The summed E-state index contributed by atoms with van der Waals surface area (Å²) >= 11 is 1.58. The Morgan fingerprint density at radius 3 is 2.29 bits per heavy atom. The van der Waals surface area contributed by atoms with Crippen molar-refractivity contribution < 1.29 is 13.2 Å². The molecule has 3 aliphatic heterocycles. The molecule has 0 saturated carbocycles. The Balaban J connectivity index is 1.20. The van der Waals surface area contributed by atoms with Gasteiger partial charge in [0.05, 0.1) is 16.4 Å². The smallest absolute Gasteiger partial charge is 0.264 e. The molecule has 184 valence electrons. The van der Waals surface area contributed by atoms with E-state index >= 15 is 0 Å². The van der Waals surface area contributed by atoms with E-state index in [1.165, 1.54) is 5.56 Å². The molecule has 1 aromatic heterocycles. The minimum atomic E-state index is -2.80. The van der Waals surface area contributed by atoms with E-state index < -0.39 is 9.84 Å². The van der Waals surface area contributed by atoms with Gasteiger partial charge in [0.2, 0.25) is 0 Å². The molecule has 3 fully saturated rings. The van der Waals surface area contributed by atoms with Gasteiger partial charge in [-0.2, -0.15) is 0 Å². The van der Waals surface area contributed by atoms with E-state index in [4.69, 9.17) is 5.73 Å². The van der Waals surface area contributed by atoms with E-state index in [-0.39, 0.29) is 11.9 Å². The molecule has 1 amide bonds. The number of thiophene rings is 1. The minimum absolute atomic E-state index is 0.0990. The van der Waals surface area contributed by atoms with Gasteiger partial charge in [-0.25, -0.2) is 8.42 Å². The second-order valence-corrected chi connectivity index (χ2v) is 13.6. The van der Waals surface area contributed by atoms with Crippen LogP contribution in [0.5, 0.6) is 0 Å². The quantitative estimate of drug-likeness (QED) is 0.691. The molecule has 6 nitrogen and oxygen atoms in total. The third-order valence-corrected chi connectivity index (χ3v) is 10.9. The highest BCUT2D eigenvalue weighted by Gasteiger charge is 2.31. The van der Waals surface area contributed by atoms with Crippen molar-refractivity contribution in [3.8, 4) is 10.4 Å². The maximum atomic E-state index is 12.9. The first-order chi connectivity index (χ1) is 16.3. The Hall–Kier alpha value is -1.74. The predicted molar refractivity (Wildman–Crippen MR) is 138 cm³/mol. The summed E-state index contributed by atoms with van der Waals surface area (Å²) in [5.74, 6) is 1.36. The largest absolute Gasteiger partial charge is 0.336 e. The van der Waals surface area contributed by atoms with Crippen molar-refractivity contribution in [2.45, 2.75) is 57.0 Å². The van der Waals surface area contributed by atoms with Crippen molar-refractivity contribution in [1.29, 1.82) is 0 Å².